The Morgan fingerprint density at radius 1 is 0.909 bits per heavy atom. The minimum Gasteiger partial charge on any atom is -0.325 e. The lowest BCUT2D eigenvalue weighted by molar-refractivity contribution is -0.113. The van der Waals surface area contributed by atoms with Crippen LogP contribution in [0, 0.1) is 5.82 Å². The molecule has 7 nitrogen and oxygen atoms in total. The summed E-state index contributed by atoms with van der Waals surface area (Å²) in [6.45, 7) is 0. The summed E-state index contributed by atoms with van der Waals surface area (Å²) < 4.78 is 14.8. The molecule has 9 heteroatoms. The van der Waals surface area contributed by atoms with E-state index in [4.69, 9.17) is 0 Å². The molecule has 33 heavy (non-hydrogen) atoms. The predicted molar refractivity (Wildman–Crippen MR) is 127 cm³/mol. The Bertz CT molecular complexity index is 1280. The van der Waals surface area contributed by atoms with Crippen molar-refractivity contribution in [2.75, 3.05) is 16.4 Å². The van der Waals surface area contributed by atoms with Crippen LogP contribution < -0.4 is 10.6 Å². The van der Waals surface area contributed by atoms with Crippen LogP contribution in [0.5, 0.6) is 0 Å². The Morgan fingerprint density at radius 2 is 1.67 bits per heavy atom. The highest BCUT2D eigenvalue weighted by Gasteiger charge is 2.14. The smallest absolute Gasteiger partial charge is 0.255 e. The van der Waals surface area contributed by atoms with Crippen molar-refractivity contribution in [3.63, 3.8) is 0 Å². The largest absolute Gasteiger partial charge is 0.325 e. The molecular formula is C24H20FN5O2S. The standard InChI is InChI=1S/C24H20FN5O2S/c1-30-22(17-8-5-9-20(14-17)27-23(32)16-6-3-2-4-7-16)28-29-24(30)33-15-21(31)26-19-12-10-18(25)11-13-19/h2-14H,15H2,1H3,(H,26,31)(H,27,32). The summed E-state index contributed by atoms with van der Waals surface area (Å²) in [7, 11) is 1.81. The monoisotopic (exact) mass is 461 g/mol. The van der Waals surface area contributed by atoms with Gasteiger partial charge in [-0.1, -0.05) is 42.1 Å². The highest BCUT2D eigenvalue weighted by molar-refractivity contribution is 7.99. The quantitative estimate of drug-likeness (QED) is 0.393. The lowest BCUT2D eigenvalue weighted by Gasteiger charge is -2.08. The van der Waals surface area contributed by atoms with Crippen LogP contribution in [0.4, 0.5) is 15.8 Å². The van der Waals surface area contributed by atoms with E-state index in [1.807, 2.05) is 43.4 Å². The number of rotatable bonds is 7. The molecule has 0 atom stereocenters. The summed E-state index contributed by atoms with van der Waals surface area (Å²) in [6, 6.07) is 21.9. The molecule has 0 aliphatic carbocycles. The summed E-state index contributed by atoms with van der Waals surface area (Å²) >= 11 is 1.24. The molecule has 0 bridgehead atoms. The molecule has 1 aromatic heterocycles. The average molecular weight is 462 g/mol. The van der Waals surface area contributed by atoms with Gasteiger partial charge in [-0.2, -0.15) is 0 Å². The number of nitrogens with zero attached hydrogens (tertiary/aromatic N) is 3. The maximum absolute atomic E-state index is 13.0. The Labute approximate surface area is 194 Å². The van der Waals surface area contributed by atoms with E-state index in [1.165, 1.54) is 36.0 Å². The zero-order chi connectivity index (χ0) is 23.2. The first kappa shape index (κ1) is 22.2. The van der Waals surface area contributed by atoms with Crippen molar-refractivity contribution < 1.29 is 14.0 Å². The molecule has 0 aliphatic rings. The molecule has 1 heterocycles. The van der Waals surface area contributed by atoms with Crippen LogP contribution in [0.2, 0.25) is 0 Å². The van der Waals surface area contributed by atoms with Crippen LogP contribution in [0.15, 0.2) is 84.0 Å². The predicted octanol–water partition coefficient (Wildman–Crippen LogP) is 4.60. The van der Waals surface area contributed by atoms with Gasteiger partial charge in [-0.15, -0.1) is 10.2 Å². The van der Waals surface area contributed by atoms with Gasteiger partial charge in [0, 0.05) is 29.5 Å². The Kier molecular flexibility index (Phi) is 6.80. The molecule has 0 radical (unpaired) electrons. The van der Waals surface area contributed by atoms with Crippen molar-refractivity contribution in [1.29, 1.82) is 0 Å². The number of amides is 2. The number of halogens is 1. The SMILES string of the molecule is Cn1c(SCC(=O)Nc2ccc(F)cc2)nnc1-c1cccc(NC(=O)c2ccccc2)c1. The van der Waals surface area contributed by atoms with E-state index in [2.05, 4.69) is 20.8 Å². The van der Waals surface area contributed by atoms with Crippen LogP contribution in [-0.2, 0) is 11.8 Å². The Balaban J connectivity index is 1.41. The fraction of sp³-hybridized carbons (Fsp3) is 0.0833. The van der Waals surface area contributed by atoms with Gasteiger partial charge in [-0.05, 0) is 48.5 Å². The van der Waals surface area contributed by atoms with Gasteiger partial charge in [0.2, 0.25) is 5.91 Å². The molecule has 2 amide bonds. The van der Waals surface area contributed by atoms with Gasteiger partial charge in [0.1, 0.15) is 5.82 Å². The zero-order valence-electron chi connectivity index (χ0n) is 17.7. The average Bonchev–Trinajstić information content (AvgIpc) is 3.20. The van der Waals surface area contributed by atoms with Crippen molar-refractivity contribution in [1.82, 2.24) is 14.8 Å². The molecule has 166 valence electrons. The molecule has 0 aliphatic heterocycles. The second-order valence-corrected chi connectivity index (χ2v) is 8.05. The van der Waals surface area contributed by atoms with Crippen molar-refractivity contribution >= 4 is 35.0 Å². The fourth-order valence-electron chi connectivity index (χ4n) is 3.08. The first-order valence-corrected chi connectivity index (χ1v) is 11.0. The first-order chi connectivity index (χ1) is 16.0. The minimum atomic E-state index is -0.363. The summed E-state index contributed by atoms with van der Waals surface area (Å²) in [5.41, 5.74) is 2.50. The number of aromatic nitrogens is 3. The van der Waals surface area contributed by atoms with Gasteiger partial charge in [0.25, 0.3) is 5.91 Å². The highest BCUT2D eigenvalue weighted by Crippen LogP contribution is 2.25. The van der Waals surface area contributed by atoms with E-state index in [0.29, 0.717) is 27.9 Å². The zero-order valence-corrected chi connectivity index (χ0v) is 18.5. The summed E-state index contributed by atoms with van der Waals surface area (Å²) in [5, 5.41) is 14.6. The van der Waals surface area contributed by atoms with Crippen LogP contribution in [-0.4, -0.2) is 32.3 Å². The van der Waals surface area contributed by atoms with Crippen LogP contribution >= 0.6 is 11.8 Å². The second kappa shape index (κ2) is 10.1. The van der Waals surface area contributed by atoms with Crippen molar-refractivity contribution in [3.05, 3.63) is 90.2 Å². The van der Waals surface area contributed by atoms with Crippen molar-refractivity contribution in [2.24, 2.45) is 7.05 Å². The number of benzene rings is 3. The molecule has 4 aromatic rings. The van der Waals surface area contributed by atoms with E-state index in [1.54, 1.807) is 22.8 Å². The van der Waals surface area contributed by atoms with Crippen LogP contribution in [0.25, 0.3) is 11.4 Å². The molecule has 0 fully saturated rings. The van der Waals surface area contributed by atoms with E-state index < -0.39 is 0 Å². The van der Waals surface area contributed by atoms with E-state index in [9.17, 15) is 14.0 Å². The highest BCUT2D eigenvalue weighted by atomic mass is 32.2. The van der Waals surface area contributed by atoms with Gasteiger partial charge in [-0.3, -0.25) is 9.59 Å². The number of thioether (sulfide) groups is 1. The normalized spacial score (nSPS) is 10.6. The summed E-state index contributed by atoms with van der Waals surface area (Å²) in [5.74, 6) is -0.0721. The summed E-state index contributed by atoms with van der Waals surface area (Å²) in [4.78, 5) is 24.6. The number of nitrogens with one attached hydrogen (secondary N) is 2. The Hall–Kier alpha value is -3.98. The summed E-state index contributed by atoms with van der Waals surface area (Å²) in [6.07, 6.45) is 0. The maximum atomic E-state index is 13.0. The van der Waals surface area contributed by atoms with Crippen molar-refractivity contribution in [2.45, 2.75) is 5.16 Å². The molecule has 2 N–H and O–H groups in total. The number of anilines is 2. The lowest BCUT2D eigenvalue weighted by Crippen LogP contribution is -2.14. The molecule has 0 saturated heterocycles. The molecule has 4 rings (SSSR count). The topological polar surface area (TPSA) is 88.9 Å². The molecule has 0 spiro atoms. The second-order valence-electron chi connectivity index (χ2n) is 7.11. The van der Waals surface area contributed by atoms with Gasteiger partial charge >= 0.3 is 0 Å². The molecule has 3 aromatic carbocycles. The number of carbonyl (C=O) groups is 2. The number of carbonyl (C=O) groups excluding carboxylic acids is 2. The first-order valence-electron chi connectivity index (χ1n) is 10.0. The van der Waals surface area contributed by atoms with Crippen molar-refractivity contribution in [3.8, 4) is 11.4 Å². The van der Waals surface area contributed by atoms with Crippen LogP contribution in [0.1, 0.15) is 10.4 Å². The molecule has 0 saturated carbocycles. The third-order valence-electron chi connectivity index (χ3n) is 4.71. The van der Waals surface area contributed by atoms with Gasteiger partial charge in [0.05, 0.1) is 5.75 Å². The van der Waals surface area contributed by atoms with Gasteiger partial charge in [0.15, 0.2) is 11.0 Å². The van der Waals surface area contributed by atoms with E-state index >= 15 is 0 Å². The number of hydrogen-bond acceptors (Lipinski definition) is 5. The lowest BCUT2D eigenvalue weighted by atomic mass is 10.1. The third-order valence-corrected chi connectivity index (χ3v) is 5.73. The van der Waals surface area contributed by atoms with Gasteiger partial charge in [-0.25, -0.2) is 4.39 Å². The minimum absolute atomic E-state index is 0.122. The van der Waals surface area contributed by atoms with Crippen LogP contribution in [0.3, 0.4) is 0 Å². The molecular weight excluding hydrogens is 441 g/mol. The third kappa shape index (κ3) is 5.64. The Morgan fingerprint density at radius 3 is 2.42 bits per heavy atom. The maximum Gasteiger partial charge on any atom is 0.255 e. The molecule has 0 unspecified atom stereocenters. The van der Waals surface area contributed by atoms with Gasteiger partial charge < -0.3 is 15.2 Å². The van der Waals surface area contributed by atoms with E-state index in [0.717, 1.165) is 5.56 Å². The van der Waals surface area contributed by atoms with E-state index in [-0.39, 0.29) is 23.4 Å². The fourth-order valence-corrected chi connectivity index (χ4v) is 3.79. The number of hydrogen-bond donors (Lipinski definition) is 2.